The minimum Gasteiger partial charge on any atom is -0.495 e. The van der Waals surface area contributed by atoms with Gasteiger partial charge in [0.15, 0.2) is 0 Å². The molecule has 0 spiro atoms. The van der Waals surface area contributed by atoms with Crippen molar-refractivity contribution >= 4 is 39.5 Å². The van der Waals surface area contributed by atoms with Crippen LogP contribution in [-0.2, 0) is 18.1 Å². The molecule has 0 radical (unpaired) electrons. The van der Waals surface area contributed by atoms with Gasteiger partial charge in [0, 0.05) is 27.4 Å². The van der Waals surface area contributed by atoms with Crippen molar-refractivity contribution in [3.05, 3.63) is 17.9 Å². The van der Waals surface area contributed by atoms with Crippen LogP contribution in [-0.4, -0.2) is 23.9 Å². The molecule has 0 fully saturated rings. The second-order valence-electron chi connectivity index (χ2n) is 2.81. The highest BCUT2D eigenvalue weighted by Gasteiger charge is 2.25. The van der Waals surface area contributed by atoms with Gasteiger partial charge in [-0.15, -0.1) is 0 Å². The summed E-state index contributed by atoms with van der Waals surface area (Å²) in [6.45, 7) is 0. The molecule has 0 N–H and O–H groups in total. The zero-order valence-electron chi connectivity index (χ0n) is 8.15. The summed E-state index contributed by atoms with van der Waals surface area (Å²) < 4.78 is 62.1. The van der Waals surface area contributed by atoms with Crippen molar-refractivity contribution in [2.45, 2.75) is 9.79 Å². The topological polar surface area (TPSA) is 77.5 Å². The van der Waals surface area contributed by atoms with E-state index >= 15 is 0 Å². The molecule has 0 aliphatic carbocycles. The van der Waals surface area contributed by atoms with Crippen LogP contribution in [0.2, 0.25) is 0 Å². The standard InChI is InChI=1S/C7H5Cl2FO5S2/c1-15-5-2-4(10)6(16(8,11)12)3-7(5)17(9,13)14/h2-3H,1H3. The minimum atomic E-state index is -4.42. The van der Waals surface area contributed by atoms with Gasteiger partial charge in [0.25, 0.3) is 18.1 Å². The highest BCUT2D eigenvalue weighted by molar-refractivity contribution is 8.14. The molecule has 0 saturated carbocycles. The zero-order valence-corrected chi connectivity index (χ0v) is 11.3. The quantitative estimate of drug-likeness (QED) is 0.791. The van der Waals surface area contributed by atoms with E-state index in [0.717, 1.165) is 7.11 Å². The summed E-state index contributed by atoms with van der Waals surface area (Å²) in [4.78, 5) is -1.67. The van der Waals surface area contributed by atoms with Gasteiger partial charge in [-0.3, -0.25) is 0 Å². The van der Waals surface area contributed by atoms with Crippen LogP contribution in [0.1, 0.15) is 0 Å². The molecule has 5 nitrogen and oxygen atoms in total. The molecule has 0 bridgehead atoms. The molecular formula is C7H5Cl2FO5S2. The first-order chi connectivity index (χ1) is 7.57. The molecule has 17 heavy (non-hydrogen) atoms. The number of hydrogen-bond donors (Lipinski definition) is 0. The fourth-order valence-corrected chi connectivity index (χ4v) is 3.04. The molecule has 0 unspecified atom stereocenters. The number of benzene rings is 1. The van der Waals surface area contributed by atoms with Crippen LogP contribution in [0.25, 0.3) is 0 Å². The lowest BCUT2D eigenvalue weighted by molar-refractivity contribution is 0.397. The molecule has 0 atom stereocenters. The second kappa shape index (κ2) is 4.60. The van der Waals surface area contributed by atoms with Crippen LogP contribution < -0.4 is 4.74 Å². The molecule has 96 valence electrons. The maximum atomic E-state index is 13.3. The highest BCUT2D eigenvalue weighted by Crippen LogP contribution is 2.32. The fraction of sp³-hybridized carbons (Fsp3) is 0.143. The average molecular weight is 323 g/mol. The Morgan fingerprint density at radius 1 is 1.06 bits per heavy atom. The Morgan fingerprint density at radius 2 is 1.53 bits per heavy atom. The number of rotatable bonds is 3. The Bertz CT molecular complexity index is 653. The molecule has 1 aromatic carbocycles. The summed E-state index contributed by atoms with van der Waals surface area (Å²) in [5.41, 5.74) is 0. The summed E-state index contributed by atoms with van der Waals surface area (Å²) in [6, 6.07) is 1.07. The third-order valence-electron chi connectivity index (χ3n) is 1.74. The Hall–Kier alpha value is -0.570. The van der Waals surface area contributed by atoms with E-state index < -0.39 is 39.5 Å². The minimum absolute atomic E-state index is 0.415. The Kier molecular flexibility index (Phi) is 3.92. The Balaban J connectivity index is 3.73. The van der Waals surface area contributed by atoms with E-state index in [1.54, 1.807) is 0 Å². The van der Waals surface area contributed by atoms with Gasteiger partial charge in [0.2, 0.25) is 0 Å². The zero-order chi connectivity index (χ0) is 13.4. The maximum absolute atomic E-state index is 13.3. The lowest BCUT2D eigenvalue weighted by atomic mass is 10.3. The third kappa shape index (κ3) is 3.21. The van der Waals surface area contributed by atoms with Gasteiger partial charge in [-0.25, -0.2) is 21.2 Å². The molecule has 10 heteroatoms. The molecule has 0 aromatic heterocycles. The second-order valence-corrected chi connectivity index (χ2v) is 7.88. The van der Waals surface area contributed by atoms with Crippen LogP contribution in [0.3, 0.4) is 0 Å². The molecule has 0 saturated heterocycles. The van der Waals surface area contributed by atoms with Crippen molar-refractivity contribution in [1.82, 2.24) is 0 Å². The van der Waals surface area contributed by atoms with E-state index in [0.29, 0.717) is 12.1 Å². The van der Waals surface area contributed by atoms with Gasteiger partial charge in [-0.2, -0.15) is 0 Å². The summed E-state index contributed by atoms with van der Waals surface area (Å²) in [7, 11) is 2.35. The van der Waals surface area contributed by atoms with E-state index in [2.05, 4.69) is 4.74 Å². The summed E-state index contributed by atoms with van der Waals surface area (Å²) >= 11 is 0. The van der Waals surface area contributed by atoms with Crippen LogP contribution >= 0.6 is 21.4 Å². The SMILES string of the molecule is COc1cc(F)c(S(=O)(=O)Cl)cc1S(=O)(=O)Cl. The Labute approximate surface area is 106 Å². The summed E-state index contributed by atoms with van der Waals surface area (Å²) in [5.74, 6) is -1.65. The molecule has 0 aliphatic rings. The number of methoxy groups -OCH3 is 1. The van der Waals surface area contributed by atoms with Crippen LogP contribution in [0.4, 0.5) is 4.39 Å². The number of halogens is 3. The first-order valence-corrected chi connectivity index (χ1v) is 8.46. The maximum Gasteiger partial charge on any atom is 0.265 e. The third-order valence-corrected chi connectivity index (χ3v) is 4.42. The predicted molar refractivity (Wildman–Crippen MR) is 59.0 cm³/mol. The molecular weight excluding hydrogens is 318 g/mol. The Morgan fingerprint density at radius 3 is 1.88 bits per heavy atom. The van der Waals surface area contributed by atoms with Gasteiger partial charge in [-0.1, -0.05) is 0 Å². The lowest BCUT2D eigenvalue weighted by Crippen LogP contribution is -2.02. The largest absolute Gasteiger partial charge is 0.495 e. The van der Waals surface area contributed by atoms with Crippen molar-refractivity contribution in [2.75, 3.05) is 7.11 Å². The first kappa shape index (κ1) is 14.5. The lowest BCUT2D eigenvalue weighted by Gasteiger charge is -2.07. The monoisotopic (exact) mass is 322 g/mol. The summed E-state index contributed by atoms with van der Waals surface area (Å²) in [5, 5.41) is 0. The smallest absolute Gasteiger partial charge is 0.265 e. The van der Waals surface area contributed by atoms with Crippen molar-refractivity contribution in [1.29, 1.82) is 0 Å². The predicted octanol–water partition coefficient (Wildman–Crippen LogP) is 1.69. The van der Waals surface area contributed by atoms with E-state index in [4.69, 9.17) is 21.4 Å². The molecule has 1 aromatic rings. The van der Waals surface area contributed by atoms with Gasteiger partial charge >= 0.3 is 0 Å². The van der Waals surface area contributed by atoms with E-state index in [1.807, 2.05) is 0 Å². The van der Waals surface area contributed by atoms with Gasteiger partial charge in [0.05, 0.1) is 7.11 Å². The fourth-order valence-electron chi connectivity index (χ4n) is 1.05. The van der Waals surface area contributed by atoms with Crippen molar-refractivity contribution in [3.8, 4) is 5.75 Å². The van der Waals surface area contributed by atoms with Crippen molar-refractivity contribution < 1.29 is 26.0 Å². The molecule has 0 aliphatic heterocycles. The van der Waals surface area contributed by atoms with E-state index in [9.17, 15) is 21.2 Å². The van der Waals surface area contributed by atoms with Crippen LogP contribution in [0, 0.1) is 5.82 Å². The average Bonchev–Trinajstić information content (AvgIpc) is 2.13. The summed E-state index contributed by atoms with van der Waals surface area (Å²) in [6.07, 6.45) is 0. The highest BCUT2D eigenvalue weighted by atomic mass is 35.7. The van der Waals surface area contributed by atoms with Crippen molar-refractivity contribution in [3.63, 3.8) is 0 Å². The van der Waals surface area contributed by atoms with Crippen LogP contribution in [0.5, 0.6) is 5.75 Å². The number of ether oxygens (including phenoxy) is 1. The molecule has 0 heterocycles. The van der Waals surface area contributed by atoms with Crippen molar-refractivity contribution in [2.24, 2.45) is 0 Å². The van der Waals surface area contributed by atoms with E-state index in [-0.39, 0.29) is 0 Å². The normalized spacial score (nSPS) is 12.5. The van der Waals surface area contributed by atoms with Gasteiger partial charge in [0.1, 0.15) is 21.4 Å². The van der Waals surface area contributed by atoms with E-state index in [1.165, 1.54) is 0 Å². The van der Waals surface area contributed by atoms with Crippen LogP contribution in [0.15, 0.2) is 21.9 Å². The van der Waals surface area contributed by atoms with Gasteiger partial charge in [-0.05, 0) is 6.07 Å². The molecule has 1 rings (SSSR count). The van der Waals surface area contributed by atoms with Gasteiger partial charge < -0.3 is 4.74 Å². The molecule has 0 amide bonds. The number of hydrogen-bond acceptors (Lipinski definition) is 5. The first-order valence-electron chi connectivity index (χ1n) is 3.84.